The van der Waals surface area contributed by atoms with Crippen LogP contribution in [0.3, 0.4) is 0 Å². The van der Waals surface area contributed by atoms with E-state index in [1.807, 2.05) is 35.7 Å². The summed E-state index contributed by atoms with van der Waals surface area (Å²) in [5.74, 6) is 4.88. The Morgan fingerprint density at radius 1 is 0.760 bits per heavy atom. The Labute approximate surface area is 160 Å². The summed E-state index contributed by atoms with van der Waals surface area (Å²) in [6.07, 6.45) is 3.76. The molecule has 0 radical (unpaired) electrons. The fourth-order valence-electron chi connectivity index (χ4n) is 2.37. The van der Waals surface area contributed by atoms with E-state index >= 15 is 0 Å². The largest absolute Gasteiger partial charge is 0.330 e. The predicted octanol–water partition coefficient (Wildman–Crippen LogP) is 5.71. The molecule has 0 saturated heterocycles. The molecule has 0 saturated carbocycles. The number of hydrogen-bond acceptors (Lipinski definition) is 3. The van der Waals surface area contributed by atoms with Gasteiger partial charge in [-0.15, -0.1) is 0 Å². The molecule has 132 valence electrons. The maximum atomic E-state index is 5.96. The van der Waals surface area contributed by atoms with Gasteiger partial charge in [0.25, 0.3) is 0 Å². The topological polar surface area (TPSA) is 26.0 Å². The van der Waals surface area contributed by atoms with Crippen LogP contribution in [0.4, 0.5) is 0 Å². The number of hydrogen-bond donors (Lipinski definition) is 1. The fourth-order valence-corrected chi connectivity index (χ4v) is 4.79. The van der Waals surface area contributed by atoms with Crippen LogP contribution in [-0.2, 0) is 11.5 Å². The van der Waals surface area contributed by atoms with E-state index in [1.165, 1.54) is 22.3 Å². The van der Waals surface area contributed by atoms with E-state index in [1.54, 1.807) is 0 Å². The van der Waals surface area contributed by atoms with E-state index in [-0.39, 0.29) is 0 Å². The molecule has 2 rings (SSSR count). The van der Waals surface area contributed by atoms with Crippen LogP contribution in [0.5, 0.6) is 0 Å². The van der Waals surface area contributed by atoms with Gasteiger partial charge in [-0.3, -0.25) is 0 Å². The molecule has 0 aliphatic rings. The first-order valence-electron chi connectivity index (χ1n) is 8.53. The first kappa shape index (κ1) is 19.9. The number of nitrogens with two attached hydrogens (primary N) is 1. The molecule has 0 amide bonds. The van der Waals surface area contributed by atoms with E-state index in [4.69, 9.17) is 5.73 Å². The lowest BCUT2D eigenvalue weighted by Gasteiger charge is -2.14. The second-order valence-electron chi connectivity index (χ2n) is 6.02. The quantitative estimate of drug-likeness (QED) is 0.549. The third-order valence-corrected chi connectivity index (χ3v) is 6.50. The molecule has 0 aromatic heterocycles. The molecule has 0 heterocycles. The molecule has 0 atom stereocenters. The highest BCUT2D eigenvalue weighted by molar-refractivity contribution is 7.99. The van der Waals surface area contributed by atoms with Crippen LogP contribution < -0.4 is 5.73 Å². The van der Waals surface area contributed by atoms with Gasteiger partial charge in [-0.2, -0.15) is 23.5 Å². The van der Waals surface area contributed by atoms with Crippen LogP contribution in [0.25, 0.3) is 12.2 Å². The molecule has 25 heavy (non-hydrogen) atoms. The molecule has 0 fully saturated rings. The Morgan fingerprint density at radius 2 is 1.16 bits per heavy atom. The zero-order valence-corrected chi connectivity index (χ0v) is 16.3. The van der Waals surface area contributed by atoms with Crippen molar-refractivity contribution >= 4 is 35.7 Å². The Bertz CT molecular complexity index is 589. The van der Waals surface area contributed by atoms with Crippen molar-refractivity contribution in [2.45, 2.75) is 11.5 Å². The smallest absolute Gasteiger partial charge is 0.0184 e. The highest BCUT2D eigenvalue weighted by atomic mass is 32.2. The average Bonchev–Trinajstić information content (AvgIpc) is 2.67. The molecular formula is C22H27NS2. The second-order valence-corrected chi connectivity index (χ2v) is 8.08. The Balaban J connectivity index is 1.68. The molecule has 0 aliphatic carbocycles. The SMILES string of the molecule is C=Cc1ccc(CSCC(CN)CSCc2ccc(C=C)cc2)cc1. The molecule has 2 aromatic carbocycles. The van der Waals surface area contributed by atoms with Gasteiger partial charge in [0.15, 0.2) is 0 Å². The lowest BCUT2D eigenvalue weighted by molar-refractivity contribution is 0.686. The van der Waals surface area contributed by atoms with E-state index in [0.717, 1.165) is 29.6 Å². The number of thioether (sulfide) groups is 2. The van der Waals surface area contributed by atoms with Crippen molar-refractivity contribution in [3.05, 3.63) is 83.9 Å². The Hall–Kier alpha value is -1.42. The third-order valence-electron chi connectivity index (χ3n) is 4.01. The molecule has 2 aromatic rings. The predicted molar refractivity (Wildman–Crippen MR) is 118 cm³/mol. The average molecular weight is 370 g/mol. The van der Waals surface area contributed by atoms with Crippen molar-refractivity contribution in [2.24, 2.45) is 11.7 Å². The summed E-state index contributed by atoms with van der Waals surface area (Å²) in [7, 11) is 0. The van der Waals surface area contributed by atoms with Gasteiger partial charge in [0.1, 0.15) is 0 Å². The van der Waals surface area contributed by atoms with E-state index in [2.05, 4.69) is 61.7 Å². The van der Waals surface area contributed by atoms with Gasteiger partial charge in [0.05, 0.1) is 0 Å². The summed E-state index contributed by atoms with van der Waals surface area (Å²) < 4.78 is 0. The van der Waals surface area contributed by atoms with Crippen LogP contribution in [-0.4, -0.2) is 18.1 Å². The maximum Gasteiger partial charge on any atom is 0.0184 e. The third kappa shape index (κ3) is 7.15. The van der Waals surface area contributed by atoms with Gasteiger partial charge in [-0.25, -0.2) is 0 Å². The highest BCUT2D eigenvalue weighted by Crippen LogP contribution is 2.21. The van der Waals surface area contributed by atoms with E-state index < -0.39 is 0 Å². The first-order chi connectivity index (χ1) is 12.2. The second kappa shape index (κ2) is 11.2. The molecule has 0 unspecified atom stereocenters. The zero-order chi connectivity index (χ0) is 17.9. The van der Waals surface area contributed by atoms with Crippen molar-refractivity contribution in [1.82, 2.24) is 0 Å². The molecule has 1 nitrogen and oxygen atoms in total. The van der Waals surface area contributed by atoms with Crippen LogP contribution in [0.15, 0.2) is 61.7 Å². The van der Waals surface area contributed by atoms with Crippen LogP contribution in [0.2, 0.25) is 0 Å². The summed E-state index contributed by atoms with van der Waals surface area (Å²) in [6, 6.07) is 17.2. The minimum atomic E-state index is 0.565. The van der Waals surface area contributed by atoms with Gasteiger partial charge >= 0.3 is 0 Å². The molecular weight excluding hydrogens is 342 g/mol. The van der Waals surface area contributed by atoms with Crippen molar-refractivity contribution in [2.75, 3.05) is 18.1 Å². The van der Waals surface area contributed by atoms with Crippen LogP contribution in [0, 0.1) is 5.92 Å². The van der Waals surface area contributed by atoms with Gasteiger partial charge in [0, 0.05) is 11.5 Å². The van der Waals surface area contributed by atoms with Crippen molar-refractivity contribution < 1.29 is 0 Å². The lowest BCUT2D eigenvalue weighted by atomic mass is 10.1. The number of benzene rings is 2. The monoisotopic (exact) mass is 369 g/mol. The Kier molecular flexibility index (Phi) is 8.95. The van der Waals surface area contributed by atoms with E-state index in [9.17, 15) is 0 Å². The van der Waals surface area contributed by atoms with E-state index in [0.29, 0.717) is 5.92 Å². The summed E-state index contributed by atoms with van der Waals surface area (Å²) in [5, 5.41) is 0. The van der Waals surface area contributed by atoms with Crippen molar-refractivity contribution in [1.29, 1.82) is 0 Å². The van der Waals surface area contributed by atoms with Gasteiger partial charge in [-0.1, -0.05) is 73.8 Å². The lowest BCUT2D eigenvalue weighted by Crippen LogP contribution is -2.19. The van der Waals surface area contributed by atoms with Gasteiger partial charge < -0.3 is 5.73 Å². The number of rotatable bonds is 11. The first-order valence-corrected chi connectivity index (χ1v) is 10.8. The van der Waals surface area contributed by atoms with Crippen LogP contribution in [0.1, 0.15) is 22.3 Å². The van der Waals surface area contributed by atoms with Crippen molar-refractivity contribution in [3.63, 3.8) is 0 Å². The highest BCUT2D eigenvalue weighted by Gasteiger charge is 2.07. The normalized spacial score (nSPS) is 10.8. The minimum absolute atomic E-state index is 0.565. The van der Waals surface area contributed by atoms with Gasteiger partial charge in [-0.05, 0) is 46.2 Å². The fraction of sp³-hybridized carbons (Fsp3) is 0.273. The minimum Gasteiger partial charge on any atom is -0.330 e. The maximum absolute atomic E-state index is 5.96. The summed E-state index contributed by atoms with van der Waals surface area (Å²) >= 11 is 3.95. The van der Waals surface area contributed by atoms with Crippen LogP contribution >= 0.6 is 23.5 Å². The Morgan fingerprint density at radius 3 is 1.48 bits per heavy atom. The summed E-state index contributed by atoms with van der Waals surface area (Å²) in [6.45, 7) is 8.34. The zero-order valence-electron chi connectivity index (χ0n) is 14.7. The molecule has 0 aliphatic heterocycles. The summed E-state index contributed by atoms with van der Waals surface area (Å²) in [4.78, 5) is 0. The standard InChI is InChI=1S/C22H27NS2/c1-3-18-5-9-20(10-6-18)14-24-16-22(13-23)17-25-15-21-11-7-19(4-2)8-12-21/h3-12,22H,1-2,13-17,23H2. The molecule has 0 spiro atoms. The summed E-state index contributed by atoms with van der Waals surface area (Å²) in [5.41, 5.74) is 11.0. The molecule has 3 heteroatoms. The molecule has 2 N–H and O–H groups in total. The van der Waals surface area contributed by atoms with Crippen molar-refractivity contribution in [3.8, 4) is 0 Å². The van der Waals surface area contributed by atoms with Gasteiger partial charge in [0.2, 0.25) is 0 Å². The molecule has 0 bridgehead atoms.